The van der Waals surface area contributed by atoms with Gasteiger partial charge in [-0.1, -0.05) is 44.4 Å². The third kappa shape index (κ3) is 2.41. The molecule has 0 saturated heterocycles. The summed E-state index contributed by atoms with van der Waals surface area (Å²) in [4.78, 5) is 0. The molecule has 17 heavy (non-hydrogen) atoms. The van der Waals surface area contributed by atoms with E-state index in [2.05, 4.69) is 32.0 Å². The van der Waals surface area contributed by atoms with E-state index in [9.17, 15) is 0 Å². The summed E-state index contributed by atoms with van der Waals surface area (Å²) in [5, 5.41) is 3.67. The van der Waals surface area contributed by atoms with E-state index < -0.39 is 0 Å². The molecule has 0 spiro atoms. The van der Waals surface area contributed by atoms with Gasteiger partial charge in [-0.3, -0.25) is 0 Å². The molecule has 1 fully saturated rings. The minimum atomic E-state index is 0.656. The molecule has 1 saturated carbocycles. The number of hydrogen-bond acceptors (Lipinski definition) is 2. The average Bonchev–Trinajstić information content (AvgIpc) is 3.11. The predicted molar refractivity (Wildman–Crippen MR) is 70.9 cm³/mol. The quantitative estimate of drug-likeness (QED) is 0.675. The van der Waals surface area contributed by atoms with E-state index in [-0.39, 0.29) is 0 Å². The van der Waals surface area contributed by atoms with Crippen molar-refractivity contribution in [3.63, 3.8) is 0 Å². The highest BCUT2D eigenvalue weighted by atomic mass is 15.0. The van der Waals surface area contributed by atoms with E-state index >= 15 is 0 Å². The molecule has 92 valence electrons. The van der Waals surface area contributed by atoms with Crippen LogP contribution in [0.25, 0.3) is 0 Å². The van der Waals surface area contributed by atoms with Gasteiger partial charge in [0.05, 0.1) is 5.69 Å². The molecule has 2 atom stereocenters. The van der Waals surface area contributed by atoms with Crippen LogP contribution in [0.3, 0.4) is 0 Å². The lowest BCUT2D eigenvalue weighted by Gasteiger charge is -2.12. The zero-order chi connectivity index (χ0) is 12.4. The lowest BCUT2D eigenvalue weighted by Crippen LogP contribution is -2.01. The molecule has 0 aromatic heterocycles. The first-order valence-electron chi connectivity index (χ1n) is 6.69. The summed E-state index contributed by atoms with van der Waals surface area (Å²) >= 11 is 0. The number of nitrogens with one attached hydrogen (secondary N) is 1. The molecule has 1 aliphatic rings. The maximum atomic E-state index is 7.26. The SMILES string of the molecule is CCC(CC)[C@@H]1C[C@@H]1c1cc(C)ccc1N=N. The highest BCUT2D eigenvalue weighted by Gasteiger charge is 2.43. The van der Waals surface area contributed by atoms with Crippen LogP contribution in [0.15, 0.2) is 23.3 Å². The molecule has 0 heterocycles. The van der Waals surface area contributed by atoms with Gasteiger partial charge < -0.3 is 0 Å². The van der Waals surface area contributed by atoms with Crippen LogP contribution in [0.2, 0.25) is 0 Å². The molecule has 1 aromatic carbocycles. The highest BCUT2D eigenvalue weighted by molar-refractivity contribution is 5.51. The Balaban J connectivity index is 2.20. The lowest BCUT2D eigenvalue weighted by molar-refractivity contribution is 0.425. The summed E-state index contributed by atoms with van der Waals surface area (Å²) in [5.41, 5.74) is 10.7. The van der Waals surface area contributed by atoms with Gasteiger partial charge in [-0.05, 0) is 42.7 Å². The van der Waals surface area contributed by atoms with E-state index in [1.54, 1.807) is 0 Å². The van der Waals surface area contributed by atoms with Gasteiger partial charge in [0, 0.05) is 0 Å². The number of rotatable bonds is 5. The molecule has 0 radical (unpaired) electrons. The first-order chi connectivity index (χ1) is 8.21. The Bertz CT molecular complexity index is 407. The van der Waals surface area contributed by atoms with Crippen LogP contribution in [0, 0.1) is 24.3 Å². The largest absolute Gasteiger partial charge is 0.204 e. The Morgan fingerprint density at radius 1 is 1.35 bits per heavy atom. The molecule has 1 N–H and O–H groups in total. The fourth-order valence-electron chi connectivity index (χ4n) is 3.06. The van der Waals surface area contributed by atoms with Crippen molar-refractivity contribution in [2.45, 2.75) is 46.0 Å². The Kier molecular flexibility index (Phi) is 3.60. The van der Waals surface area contributed by atoms with Crippen molar-refractivity contribution in [2.75, 3.05) is 0 Å². The van der Waals surface area contributed by atoms with Crippen molar-refractivity contribution in [2.24, 2.45) is 17.0 Å². The van der Waals surface area contributed by atoms with Crippen molar-refractivity contribution in [3.05, 3.63) is 29.3 Å². The van der Waals surface area contributed by atoms with Crippen LogP contribution >= 0.6 is 0 Å². The number of hydrogen-bond donors (Lipinski definition) is 1. The molecule has 0 unspecified atom stereocenters. The lowest BCUT2D eigenvalue weighted by atomic mass is 9.93. The van der Waals surface area contributed by atoms with E-state index in [0.717, 1.165) is 17.5 Å². The van der Waals surface area contributed by atoms with E-state index in [1.165, 1.54) is 30.4 Å². The van der Waals surface area contributed by atoms with E-state index in [1.807, 2.05) is 12.1 Å². The summed E-state index contributed by atoms with van der Waals surface area (Å²) in [6.07, 6.45) is 3.84. The van der Waals surface area contributed by atoms with Crippen LogP contribution in [0.5, 0.6) is 0 Å². The van der Waals surface area contributed by atoms with E-state index in [4.69, 9.17) is 5.53 Å². The zero-order valence-corrected chi connectivity index (χ0v) is 11.0. The molecule has 0 aliphatic heterocycles. The van der Waals surface area contributed by atoms with Gasteiger partial charge in [-0.25, -0.2) is 5.53 Å². The smallest absolute Gasteiger partial charge is 0.0885 e. The second kappa shape index (κ2) is 4.99. The Hall–Kier alpha value is -1.18. The fourth-order valence-corrected chi connectivity index (χ4v) is 3.06. The van der Waals surface area contributed by atoms with Gasteiger partial charge in [-0.2, -0.15) is 5.11 Å². The van der Waals surface area contributed by atoms with Crippen LogP contribution in [-0.2, 0) is 0 Å². The van der Waals surface area contributed by atoms with Crippen molar-refractivity contribution in [3.8, 4) is 0 Å². The average molecular weight is 230 g/mol. The van der Waals surface area contributed by atoms with E-state index in [0.29, 0.717) is 5.92 Å². The summed E-state index contributed by atoms with van der Waals surface area (Å²) in [5.74, 6) is 2.33. The topological polar surface area (TPSA) is 36.2 Å². The van der Waals surface area contributed by atoms with Gasteiger partial charge in [0.1, 0.15) is 0 Å². The van der Waals surface area contributed by atoms with Gasteiger partial charge in [0.2, 0.25) is 0 Å². The summed E-state index contributed by atoms with van der Waals surface area (Å²) < 4.78 is 0. The molecule has 0 amide bonds. The second-order valence-electron chi connectivity index (χ2n) is 5.26. The second-order valence-corrected chi connectivity index (χ2v) is 5.26. The maximum absolute atomic E-state index is 7.26. The van der Waals surface area contributed by atoms with Gasteiger partial charge in [0.25, 0.3) is 0 Å². The summed E-state index contributed by atoms with van der Waals surface area (Å²) in [6.45, 7) is 6.69. The monoisotopic (exact) mass is 230 g/mol. The first-order valence-corrected chi connectivity index (χ1v) is 6.69. The van der Waals surface area contributed by atoms with Crippen molar-refractivity contribution in [1.29, 1.82) is 5.53 Å². The number of nitrogens with zero attached hydrogens (tertiary/aromatic N) is 1. The molecule has 2 heteroatoms. The third-order valence-corrected chi connectivity index (χ3v) is 4.20. The Morgan fingerprint density at radius 3 is 2.65 bits per heavy atom. The standard InChI is InChI=1S/C15H22N2/c1-4-11(5-2)12-9-13(12)14-8-10(3)6-7-15(14)17-16/h6-8,11-13,16H,4-5,9H2,1-3H3/t12-,13-/m0/s1. The number of benzene rings is 1. The van der Waals surface area contributed by atoms with Crippen LogP contribution in [-0.4, -0.2) is 0 Å². The molecule has 1 aromatic rings. The molecule has 1 aliphatic carbocycles. The Morgan fingerprint density at radius 2 is 2.06 bits per heavy atom. The molecule has 2 nitrogen and oxygen atoms in total. The van der Waals surface area contributed by atoms with Gasteiger partial charge >= 0.3 is 0 Å². The van der Waals surface area contributed by atoms with Crippen molar-refractivity contribution < 1.29 is 0 Å². The van der Waals surface area contributed by atoms with Crippen molar-refractivity contribution >= 4 is 5.69 Å². The third-order valence-electron chi connectivity index (χ3n) is 4.20. The molecular weight excluding hydrogens is 208 g/mol. The number of aryl methyl sites for hydroxylation is 1. The predicted octanol–water partition coefficient (Wildman–Crippen LogP) is 5.20. The first kappa shape index (κ1) is 12.3. The maximum Gasteiger partial charge on any atom is 0.0885 e. The molecular formula is C15H22N2. The Labute approximate surface area is 104 Å². The highest BCUT2D eigenvalue weighted by Crippen LogP contribution is 2.55. The fraction of sp³-hybridized carbons (Fsp3) is 0.600. The minimum Gasteiger partial charge on any atom is -0.204 e. The zero-order valence-electron chi connectivity index (χ0n) is 11.0. The normalized spacial score (nSPS) is 22.8. The van der Waals surface area contributed by atoms with Crippen molar-refractivity contribution in [1.82, 2.24) is 0 Å². The van der Waals surface area contributed by atoms with Crippen LogP contribution in [0.4, 0.5) is 5.69 Å². The summed E-state index contributed by atoms with van der Waals surface area (Å²) in [7, 11) is 0. The minimum absolute atomic E-state index is 0.656. The molecule has 0 bridgehead atoms. The van der Waals surface area contributed by atoms with Crippen LogP contribution in [0.1, 0.15) is 50.2 Å². The van der Waals surface area contributed by atoms with Gasteiger partial charge in [0.15, 0.2) is 0 Å². The van der Waals surface area contributed by atoms with Crippen LogP contribution < -0.4 is 0 Å². The molecule has 2 rings (SSSR count). The van der Waals surface area contributed by atoms with Gasteiger partial charge in [-0.15, -0.1) is 0 Å². The summed E-state index contributed by atoms with van der Waals surface area (Å²) in [6, 6.07) is 6.26.